The molecule has 0 spiro atoms. The van der Waals surface area contributed by atoms with Gasteiger partial charge >= 0.3 is 0 Å². The van der Waals surface area contributed by atoms with E-state index in [9.17, 15) is 0 Å². The van der Waals surface area contributed by atoms with E-state index in [1.165, 1.54) is 12.5 Å². The standard InChI is InChI=1S/C18H13N3O/c1-22-16-8-13-4-2-3-5-17(13)14(9-16)6-7-18-15(10-19)11-20-12-21-18/h2-9,11-12H,1H3/b7-6+. The van der Waals surface area contributed by atoms with Gasteiger partial charge in [0.2, 0.25) is 0 Å². The number of hydrogen-bond donors (Lipinski definition) is 0. The Morgan fingerprint density at radius 2 is 2.05 bits per heavy atom. The molecule has 4 nitrogen and oxygen atoms in total. The second-order valence-corrected chi connectivity index (χ2v) is 4.70. The van der Waals surface area contributed by atoms with Crippen molar-refractivity contribution in [2.24, 2.45) is 0 Å². The molecule has 0 bridgehead atoms. The molecule has 0 unspecified atom stereocenters. The summed E-state index contributed by atoms with van der Waals surface area (Å²) in [6.07, 6.45) is 6.70. The fraction of sp³-hybridized carbons (Fsp3) is 0.0556. The average Bonchev–Trinajstić information content (AvgIpc) is 2.59. The van der Waals surface area contributed by atoms with Crippen LogP contribution in [0.15, 0.2) is 48.9 Å². The van der Waals surface area contributed by atoms with Crippen LogP contribution in [0.3, 0.4) is 0 Å². The topological polar surface area (TPSA) is 58.8 Å². The highest BCUT2D eigenvalue weighted by molar-refractivity contribution is 5.94. The van der Waals surface area contributed by atoms with Crippen molar-refractivity contribution in [3.63, 3.8) is 0 Å². The normalized spacial score (nSPS) is 10.7. The summed E-state index contributed by atoms with van der Waals surface area (Å²) in [5.74, 6) is 0.793. The van der Waals surface area contributed by atoms with Gasteiger partial charge in [0.1, 0.15) is 18.1 Å². The zero-order valence-electron chi connectivity index (χ0n) is 12.0. The van der Waals surface area contributed by atoms with Gasteiger partial charge in [-0.3, -0.25) is 0 Å². The molecule has 0 aliphatic heterocycles. The molecule has 0 amide bonds. The zero-order chi connectivity index (χ0) is 15.4. The van der Waals surface area contributed by atoms with Crippen LogP contribution in [-0.2, 0) is 0 Å². The number of aromatic nitrogens is 2. The summed E-state index contributed by atoms with van der Waals surface area (Å²) in [6, 6.07) is 14.1. The lowest BCUT2D eigenvalue weighted by Crippen LogP contribution is -1.89. The first-order valence-corrected chi connectivity index (χ1v) is 6.77. The smallest absolute Gasteiger partial charge is 0.120 e. The maximum Gasteiger partial charge on any atom is 0.120 e. The van der Waals surface area contributed by atoms with Gasteiger partial charge in [-0.25, -0.2) is 9.97 Å². The molecule has 22 heavy (non-hydrogen) atoms. The highest BCUT2D eigenvalue weighted by Crippen LogP contribution is 2.26. The molecule has 0 saturated heterocycles. The maximum absolute atomic E-state index is 9.09. The Hall–Kier alpha value is -3.19. The molecule has 0 radical (unpaired) electrons. The molecule has 0 atom stereocenters. The third kappa shape index (κ3) is 2.65. The monoisotopic (exact) mass is 287 g/mol. The fourth-order valence-electron chi connectivity index (χ4n) is 2.29. The highest BCUT2D eigenvalue weighted by atomic mass is 16.5. The Morgan fingerprint density at radius 3 is 2.86 bits per heavy atom. The van der Waals surface area contributed by atoms with Crippen molar-refractivity contribution in [1.82, 2.24) is 9.97 Å². The number of hydrogen-bond acceptors (Lipinski definition) is 4. The van der Waals surface area contributed by atoms with Crippen LogP contribution in [0.5, 0.6) is 5.75 Å². The van der Waals surface area contributed by atoms with E-state index in [-0.39, 0.29) is 0 Å². The average molecular weight is 287 g/mol. The predicted molar refractivity (Wildman–Crippen MR) is 86.2 cm³/mol. The molecule has 4 heteroatoms. The van der Waals surface area contributed by atoms with Gasteiger partial charge in [0, 0.05) is 6.20 Å². The number of fused-ring (bicyclic) bond motifs is 1. The largest absolute Gasteiger partial charge is 0.497 e. The Labute approximate surface area is 128 Å². The molecular weight excluding hydrogens is 274 g/mol. The highest BCUT2D eigenvalue weighted by Gasteiger charge is 2.03. The first-order chi connectivity index (χ1) is 10.8. The van der Waals surface area contributed by atoms with Crippen molar-refractivity contribution in [1.29, 1.82) is 5.26 Å². The number of benzene rings is 2. The lowest BCUT2D eigenvalue weighted by atomic mass is 10.0. The molecule has 1 aromatic heterocycles. The van der Waals surface area contributed by atoms with Crippen molar-refractivity contribution in [2.75, 3.05) is 7.11 Å². The van der Waals surface area contributed by atoms with Gasteiger partial charge in [0.15, 0.2) is 0 Å². The summed E-state index contributed by atoms with van der Waals surface area (Å²) in [5.41, 5.74) is 2.06. The van der Waals surface area contributed by atoms with E-state index in [0.717, 1.165) is 22.1 Å². The molecule has 3 aromatic rings. The summed E-state index contributed by atoms with van der Waals surface area (Å²) < 4.78 is 5.35. The second-order valence-electron chi connectivity index (χ2n) is 4.70. The first-order valence-electron chi connectivity index (χ1n) is 6.77. The minimum Gasteiger partial charge on any atom is -0.497 e. The fourth-order valence-corrected chi connectivity index (χ4v) is 2.29. The van der Waals surface area contributed by atoms with Gasteiger partial charge in [-0.1, -0.05) is 30.3 Å². The number of rotatable bonds is 3. The maximum atomic E-state index is 9.09. The third-order valence-electron chi connectivity index (χ3n) is 3.39. The van der Waals surface area contributed by atoms with Gasteiger partial charge in [0.05, 0.1) is 18.4 Å². The molecule has 2 aromatic carbocycles. The molecule has 0 aliphatic carbocycles. The minimum absolute atomic E-state index is 0.450. The van der Waals surface area contributed by atoms with E-state index >= 15 is 0 Å². The SMILES string of the molecule is COc1cc(/C=C/c2ncncc2C#N)c2ccccc2c1. The molecule has 106 valence electrons. The zero-order valence-corrected chi connectivity index (χ0v) is 12.0. The summed E-state index contributed by atoms with van der Waals surface area (Å²) in [7, 11) is 1.65. The Balaban J connectivity index is 2.10. The number of nitriles is 1. The van der Waals surface area contributed by atoms with Gasteiger partial charge in [-0.15, -0.1) is 0 Å². The van der Waals surface area contributed by atoms with Crippen molar-refractivity contribution < 1.29 is 4.74 Å². The second kappa shape index (κ2) is 6.06. The molecule has 0 aliphatic rings. The Bertz CT molecular complexity index is 894. The van der Waals surface area contributed by atoms with E-state index in [2.05, 4.69) is 22.1 Å². The number of ether oxygens (including phenoxy) is 1. The van der Waals surface area contributed by atoms with Crippen LogP contribution in [0.25, 0.3) is 22.9 Å². The minimum atomic E-state index is 0.450. The summed E-state index contributed by atoms with van der Waals surface area (Å²) in [4.78, 5) is 8.00. The summed E-state index contributed by atoms with van der Waals surface area (Å²) in [5, 5.41) is 11.3. The van der Waals surface area contributed by atoms with Crippen LogP contribution in [0.1, 0.15) is 16.8 Å². The Kier molecular flexibility index (Phi) is 3.80. The Morgan fingerprint density at radius 1 is 1.18 bits per heavy atom. The first kappa shape index (κ1) is 13.8. The van der Waals surface area contributed by atoms with Crippen LogP contribution in [0.2, 0.25) is 0 Å². The van der Waals surface area contributed by atoms with E-state index in [1.54, 1.807) is 7.11 Å². The summed E-state index contributed by atoms with van der Waals surface area (Å²) >= 11 is 0. The molecular formula is C18H13N3O. The quantitative estimate of drug-likeness (QED) is 0.737. The van der Waals surface area contributed by atoms with Crippen LogP contribution in [-0.4, -0.2) is 17.1 Å². The molecule has 0 saturated carbocycles. The van der Waals surface area contributed by atoms with Crippen LogP contribution >= 0.6 is 0 Å². The lowest BCUT2D eigenvalue weighted by Gasteiger charge is -2.06. The van der Waals surface area contributed by atoms with E-state index in [4.69, 9.17) is 10.00 Å². The molecule has 0 N–H and O–H groups in total. The van der Waals surface area contributed by atoms with Crippen molar-refractivity contribution in [3.05, 3.63) is 65.7 Å². The molecule has 3 rings (SSSR count). The molecule has 1 heterocycles. The van der Waals surface area contributed by atoms with Crippen LogP contribution in [0.4, 0.5) is 0 Å². The van der Waals surface area contributed by atoms with Crippen molar-refractivity contribution >= 4 is 22.9 Å². The van der Waals surface area contributed by atoms with Gasteiger partial charge in [0.25, 0.3) is 0 Å². The van der Waals surface area contributed by atoms with E-state index in [0.29, 0.717) is 11.3 Å². The van der Waals surface area contributed by atoms with Gasteiger partial charge in [-0.2, -0.15) is 5.26 Å². The van der Waals surface area contributed by atoms with Gasteiger partial charge < -0.3 is 4.74 Å². The predicted octanol–water partition coefficient (Wildman–Crippen LogP) is 3.68. The van der Waals surface area contributed by atoms with Crippen LogP contribution in [0, 0.1) is 11.3 Å². The van der Waals surface area contributed by atoms with E-state index < -0.39 is 0 Å². The summed E-state index contributed by atoms with van der Waals surface area (Å²) in [6.45, 7) is 0. The number of nitrogens with zero attached hydrogens (tertiary/aromatic N) is 3. The van der Waals surface area contributed by atoms with Crippen molar-refractivity contribution in [3.8, 4) is 11.8 Å². The number of methoxy groups -OCH3 is 1. The van der Waals surface area contributed by atoms with Crippen LogP contribution < -0.4 is 4.74 Å². The van der Waals surface area contributed by atoms with Crippen molar-refractivity contribution in [2.45, 2.75) is 0 Å². The molecule has 0 fully saturated rings. The lowest BCUT2D eigenvalue weighted by molar-refractivity contribution is 0.415. The third-order valence-corrected chi connectivity index (χ3v) is 3.39. The van der Waals surface area contributed by atoms with Gasteiger partial charge in [-0.05, 0) is 34.5 Å². The van der Waals surface area contributed by atoms with E-state index in [1.807, 2.05) is 42.5 Å².